The summed E-state index contributed by atoms with van der Waals surface area (Å²) in [7, 11) is 1.44. The number of esters is 4. The zero-order valence-electron chi connectivity index (χ0n) is 28.0. The van der Waals surface area contributed by atoms with Crippen molar-refractivity contribution >= 4 is 58.9 Å². The number of rotatable bonds is 11. The van der Waals surface area contributed by atoms with Crippen LogP contribution in [-0.4, -0.2) is 36.6 Å². The van der Waals surface area contributed by atoms with E-state index in [-0.39, 0.29) is 51.9 Å². The molecule has 0 heterocycles. The van der Waals surface area contributed by atoms with Gasteiger partial charge in [-0.1, -0.05) is 39.2 Å². The SMILES string of the molecule is C=C(C)C.C=C(C)C(=O)Oc1cc(/C=C/C(=O)Oc2ccc(OC(=O)C(=C)C)cc2OC(=O)C(=C)C)cc(OC=O)c1.CC.CSS. The van der Waals surface area contributed by atoms with Gasteiger partial charge in [-0.15, -0.1) is 29.0 Å². The lowest BCUT2D eigenvalue weighted by Gasteiger charge is -2.12. The molecule has 0 fully saturated rings. The van der Waals surface area contributed by atoms with Gasteiger partial charge in [0.15, 0.2) is 11.5 Å². The van der Waals surface area contributed by atoms with Crippen LogP contribution in [0.3, 0.4) is 0 Å². The Morgan fingerprint density at radius 3 is 1.60 bits per heavy atom. The van der Waals surface area contributed by atoms with Crippen LogP contribution in [0.15, 0.2) is 91.1 Å². The fourth-order valence-electron chi connectivity index (χ4n) is 2.47. The van der Waals surface area contributed by atoms with Gasteiger partial charge in [0.1, 0.15) is 17.2 Å². The molecule has 0 saturated heterocycles. The molecule has 0 atom stereocenters. The summed E-state index contributed by atoms with van der Waals surface area (Å²) < 4.78 is 25.6. The summed E-state index contributed by atoms with van der Waals surface area (Å²) in [6.07, 6.45) is 4.24. The second-order valence-electron chi connectivity index (χ2n) is 9.21. The van der Waals surface area contributed by atoms with Crippen molar-refractivity contribution in [2.45, 2.75) is 48.5 Å². The molecule has 0 radical (unpaired) electrons. The minimum atomic E-state index is -0.883. The highest BCUT2D eigenvalue weighted by Gasteiger charge is 2.17. The molecule has 0 aromatic heterocycles. The predicted octanol–water partition coefficient (Wildman–Crippen LogP) is 8.09. The molecule has 254 valence electrons. The van der Waals surface area contributed by atoms with Crippen LogP contribution in [0.25, 0.3) is 6.08 Å². The Hall–Kier alpha value is -4.81. The number of thiol groups is 1. The van der Waals surface area contributed by atoms with Crippen molar-refractivity contribution < 1.29 is 47.7 Å². The number of carbonyl (C=O) groups is 5. The lowest BCUT2D eigenvalue weighted by atomic mass is 10.2. The molecule has 0 aliphatic rings. The minimum absolute atomic E-state index is 0.0155. The third-order valence-corrected chi connectivity index (χ3v) is 4.29. The van der Waals surface area contributed by atoms with Crippen molar-refractivity contribution in [3.63, 3.8) is 0 Å². The molecule has 0 saturated carbocycles. The Bertz CT molecular complexity index is 1490. The normalized spacial score (nSPS) is 9.30. The molecule has 0 unspecified atom stereocenters. The van der Waals surface area contributed by atoms with Crippen molar-refractivity contribution in [2.75, 3.05) is 6.26 Å². The third-order valence-electron chi connectivity index (χ3n) is 4.29. The van der Waals surface area contributed by atoms with Crippen LogP contribution in [0, 0.1) is 0 Å². The summed E-state index contributed by atoms with van der Waals surface area (Å²) in [6.45, 7) is 26.5. The molecular weight excluding hydrogens is 645 g/mol. The summed E-state index contributed by atoms with van der Waals surface area (Å²) in [6, 6.07) is 7.90. The van der Waals surface area contributed by atoms with Gasteiger partial charge in [0.2, 0.25) is 0 Å². The lowest BCUT2D eigenvalue weighted by Crippen LogP contribution is -2.12. The standard InChI is InChI=1S/C28H24O10.C4H8.C2H6.CH4S2/c1-16(2)26(31)35-20-8-9-23(24(14-20)38-28(33)18(5)6)37-25(30)10-7-19-11-21(34-15-29)13-22(12-19)36-27(32)17(3)4;1-4(2)3;1-2;1-3-2/h7-15H,1,3,5H2,2,4,6H3;1H2,2-3H3;1-2H3;2H,1H3/b10-7+;;;. The van der Waals surface area contributed by atoms with Crippen LogP contribution >= 0.6 is 22.5 Å². The summed E-state index contributed by atoms with van der Waals surface area (Å²) in [5.74, 6) is -3.34. The maximum atomic E-state index is 12.5. The highest BCUT2D eigenvalue weighted by Crippen LogP contribution is 2.33. The summed E-state index contributed by atoms with van der Waals surface area (Å²) >= 11 is 3.71. The number of benzene rings is 2. The molecule has 0 aliphatic carbocycles. The Kier molecular flexibility index (Phi) is 23.0. The van der Waals surface area contributed by atoms with Gasteiger partial charge < -0.3 is 23.7 Å². The van der Waals surface area contributed by atoms with Gasteiger partial charge in [0, 0.05) is 34.9 Å². The van der Waals surface area contributed by atoms with Crippen LogP contribution in [0.1, 0.15) is 54.0 Å². The average Bonchev–Trinajstić information content (AvgIpc) is 2.98. The van der Waals surface area contributed by atoms with E-state index in [1.807, 2.05) is 34.0 Å². The van der Waals surface area contributed by atoms with Crippen LogP contribution in [0.5, 0.6) is 28.7 Å². The number of allylic oxidation sites excluding steroid dienone is 1. The molecule has 0 bridgehead atoms. The van der Waals surface area contributed by atoms with Crippen molar-refractivity contribution in [3.8, 4) is 28.7 Å². The Balaban J connectivity index is 0. The molecule has 12 heteroatoms. The van der Waals surface area contributed by atoms with Crippen molar-refractivity contribution in [1.82, 2.24) is 0 Å². The van der Waals surface area contributed by atoms with E-state index >= 15 is 0 Å². The fourth-order valence-corrected chi connectivity index (χ4v) is 2.47. The first-order valence-corrected chi connectivity index (χ1v) is 16.0. The minimum Gasteiger partial charge on any atom is -0.429 e. The largest absolute Gasteiger partial charge is 0.429 e. The summed E-state index contributed by atoms with van der Waals surface area (Å²) in [4.78, 5) is 59.0. The van der Waals surface area contributed by atoms with E-state index in [0.717, 1.165) is 6.08 Å². The number of carbonyl (C=O) groups excluding carboxylic acids is 5. The van der Waals surface area contributed by atoms with Crippen LogP contribution in [0.2, 0.25) is 0 Å². The quantitative estimate of drug-likeness (QED) is 0.0468. The Morgan fingerprint density at radius 1 is 0.681 bits per heavy atom. The van der Waals surface area contributed by atoms with Crippen LogP contribution < -0.4 is 23.7 Å². The molecular formula is C35H42O10S2. The number of ether oxygens (including phenoxy) is 5. The molecule has 0 aliphatic heterocycles. The third kappa shape index (κ3) is 20.0. The first-order valence-electron chi connectivity index (χ1n) is 13.8. The topological polar surface area (TPSA) is 132 Å². The Labute approximate surface area is 286 Å². The smallest absolute Gasteiger partial charge is 0.338 e. The van der Waals surface area contributed by atoms with Gasteiger partial charge in [-0.2, -0.15) is 0 Å². The van der Waals surface area contributed by atoms with Crippen molar-refractivity contribution in [3.05, 3.63) is 96.6 Å². The highest BCUT2D eigenvalue weighted by molar-refractivity contribution is 8.68. The predicted molar refractivity (Wildman–Crippen MR) is 190 cm³/mol. The van der Waals surface area contributed by atoms with Gasteiger partial charge in [0.05, 0.1) is 0 Å². The first-order chi connectivity index (χ1) is 22.0. The molecule has 47 heavy (non-hydrogen) atoms. The Morgan fingerprint density at radius 2 is 1.13 bits per heavy atom. The van der Waals surface area contributed by atoms with Crippen LogP contribution in [0.4, 0.5) is 0 Å². The summed E-state index contributed by atoms with van der Waals surface area (Å²) in [5.41, 5.74) is 1.86. The average molecular weight is 687 g/mol. The van der Waals surface area contributed by atoms with E-state index in [1.165, 1.54) is 79.6 Å². The monoisotopic (exact) mass is 686 g/mol. The maximum Gasteiger partial charge on any atom is 0.338 e. The lowest BCUT2D eigenvalue weighted by molar-refractivity contribution is -0.132. The molecule has 2 rings (SSSR count). The zero-order chi connectivity index (χ0) is 36.7. The van der Waals surface area contributed by atoms with Gasteiger partial charge in [-0.25, -0.2) is 19.2 Å². The molecule has 0 N–H and O–H groups in total. The fraction of sp³-hybridized carbons (Fsp3) is 0.229. The van der Waals surface area contributed by atoms with Gasteiger partial charge >= 0.3 is 23.9 Å². The molecule has 0 spiro atoms. The maximum absolute atomic E-state index is 12.5. The number of hydrogen-bond acceptors (Lipinski definition) is 12. The second kappa shape index (κ2) is 24.4. The molecule has 2 aromatic carbocycles. The van der Waals surface area contributed by atoms with Gasteiger partial charge in [-0.05, 0) is 76.8 Å². The van der Waals surface area contributed by atoms with Crippen molar-refractivity contribution in [2.24, 2.45) is 0 Å². The van der Waals surface area contributed by atoms with E-state index < -0.39 is 23.9 Å². The van der Waals surface area contributed by atoms with Gasteiger partial charge in [0.25, 0.3) is 6.47 Å². The van der Waals surface area contributed by atoms with Crippen molar-refractivity contribution in [1.29, 1.82) is 0 Å². The molecule has 10 nitrogen and oxygen atoms in total. The van der Waals surface area contributed by atoms with Gasteiger partial charge in [-0.3, -0.25) is 4.79 Å². The van der Waals surface area contributed by atoms with E-state index in [0.29, 0.717) is 5.56 Å². The first kappa shape index (κ1) is 44.3. The molecule has 2 aromatic rings. The van der Waals surface area contributed by atoms with E-state index in [4.69, 9.17) is 23.7 Å². The molecule has 0 amide bonds. The van der Waals surface area contributed by atoms with E-state index in [2.05, 4.69) is 38.0 Å². The zero-order valence-corrected chi connectivity index (χ0v) is 29.7. The highest BCUT2D eigenvalue weighted by atomic mass is 33.1. The second-order valence-corrected chi connectivity index (χ2v) is 10.7. The van der Waals surface area contributed by atoms with E-state index in [1.54, 1.807) is 0 Å². The van der Waals surface area contributed by atoms with E-state index in [9.17, 15) is 24.0 Å². The number of hydrogen-bond donors (Lipinski definition) is 1. The van der Waals surface area contributed by atoms with Crippen LogP contribution in [-0.2, 0) is 24.0 Å². The summed E-state index contributed by atoms with van der Waals surface area (Å²) in [5, 5.41) is 0.